The van der Waals surface area contributed by atoms with Crippen molar-refractivity contribution in [2.24, 2.45) is 0 Å². The molecule has 0 amide bonds. The Morgan fingerprint density at radius 1 is 1.45 bits per heavy atom. The monoisotopic (exact) mass is 299 g/mol. The molecule has 1 aromatic rings. The zero-order chi connectivity index (χ0) is 14.9. The molecule has 1 N–H and O–H groups in total. The van der Waals surface area contributed by atoms with Gasteiger partial charge in [0.2, 0.25) is 10.0 Å². The van der Waals surface area contributed by atoms with Crippen LogP contribution in [0.15, 0.2) is 29.2 Å². The van der Waals surface area contributed by atoms with Gasteiger partial charge in [-0.05, 0) is 38.0 Å². The molecule has 1 heterocycles. The molecular weight excluding hydrogens is 278 g/mol. The Labute approximate surface area is 120 Å². The van der Waals surface area contributed by atoms with E-state index in [2.05, 4.69) is 0 Å². The van der Waals surface area contributed by atoms with Crippen LogP contribution in [0.5, 0.6) is 0 Å². The van der Waals surface area contributed by atoms with Gasteiger partial charge in [-0.2, -0.15) is 4.31 Å². The highest BCUT2D eigenvalue weighted by Crippen LogP contribution is 2.26. The number of ether oxygens (including phenoxy) is 1. The molecule has 112 valence electrons. The molecule has 20 heavy (non-hydrogen) atoms. The summed E-state index contributed by atoms with van der Waals surface area (Å²) in [6, 6.07) is 6.30. The molecule has 1 aromatic carbocycles. The highest BCUT2D eigenvalue weighted by Gasteiger charge is 2.35. The van der Waals surface area contributed by atoms with E-state index in [1.807, 2.05) is 6.92 Å². The molecule has 0 aliphatic carbocycles. The molecule has 2 rings (SSSR count). The van der Waals surface area contributed by atoms with E-state index in [0.717, 1.165) is 0 Å². The number of hydrogen-bond acceptors (Lipinski definition) is 4. The van der Waals surface area contributed by atoms with E-state index in [1.54, 1.807) is 32.2 Å². The number of rotatable bonds is 4. The Bertz CT molecular complexity index is 570. The summed E-state index contributed by atoms with van der Waals surface area (Å²) in [5, 5.41) is 9.58. The van der Waals surface area contributed by atoms with Gasteiger partial charge in [-0.3, -0.25) is 0 Å². The maximum absolute atomic E-state index is 12.6. The molecule has 1 fully saturated rings. The quantitative estimate of drug-likeness (QED) is 0.916. The highest BCUT2D eigenvalue weighted by atomic mass is 32.2. The minimum absolute atomic E-state index is 0.102. The fraction of sp³-hybridized carbons (Fsp3) is 0.571. The number of hydrogen-bond donors (Lipinski definition) is 1. The highest BCUT2D eigenvalue weighted by molar-refractivity contribution is 7.89. The van der Waals surface area contributed by atoms with E-state index >= 15 is 0 Å². The SMILES string of the molecule is CC(O)c1cccc(S(=O)(=O)N(C)C2CCOC2C)c1. The van der Waals surface area contributed by atoms with Gasteiger partial charge in [0.25, 0.3) is 0 Å². The minimum Gasteiger partial charge on any atom is -0.389 e. The van der Waals surface area contributed by atoms with E-state index in [9.17, 15) is 13.5 Å². The Hall–Kier alpha value is -0.950. The van der Waals surface area contributed by atoms with Crippen molar-refractivity contribution in [1.29, 1.82) is 0 Å². The van der Waals surface area contributed by atoms with Crippen LogP contribution in [-0.4, -0.2) is 43.6 Å². The summed E-state index contributed by atoms with van der Waals surface area (Å²) in [5.41, 5.74) is 0.593. The normalized spacial score (nSPS) is 25.1. The van der Waals surface area contributed by atoms with E-state index in [0.29, 0.717) is 18.6 Å². The molecule has 0 aromatic heterocycles. The van der Waals surface area contributed by atoms with Gasteiger partial charge in [0, 0.05) is 13.7 Å². The largest absolute Gasteiger partial charge is 0.389 e. The van der Waals surface area contributed by atoms with Crippen LogP contribution in [-0.2, 0) is 14.8 Å². The third-order valence-electron chi connectivity index (χ3n) is 3.82. The molecular formula is C14H21NO4S. The first-order chi connectivity index (χ1) is 9.34. The van der Waals surface area contributed by atoms with Crippen LogP contribution < -0.4 is 0 Å². The van der Waals surface area contributed by atoms with Gasteiger partial charge in [0.15, 0.2) is 0 Å². The molecule has 0 bridgehead atoms. The first kappa shape index (κ1) is 15.4. The summed E-state index contributed by atoms with van der Waals surface area (Å²) in [6.45, 7) is 4.08. The van der Waals surface area contributed by atoms with Gasteiger partial charge in [-0.25, -0.2) is 8.42 Å². The second kappa shape index (κ2) is 5.81. The summed E-state index contributed by atoms with van der Waals surface area (Å²) in [6.07, 6.45) is -0.0913. The molecule has 1 aliphatic heterocycles. The minimum atomic E-state index is -3.57. The molecule has 0 radical (unpaired) electrons. The van der Waals surface area contributed by atoms with E-state index < -0.39 is 16.1 Å². The van der Waals surface area contributed by atoms with Crippen molar-refractivity contribution in [3.63, 3.8) is 0 Å². The van der Waals surface area contributed by atoms with Crippen molar-refractivity contribution in [2.45, 2.75) is 43.4 Å². The number of likely N-dealkylation sites (N-methyl/N-ethyl adjacent to an activating group) is 1. The predicted molar refractivity (Wildman–Crippen MR) is 75.8 cm³/mol. The summed E-state index contributed by atoms with van der Waals surface area (Å²) in [4.78, 5) is 0.206. The molecule has 1 aliphatic rings. The van der Waals surface area contributed by atoms with Crippen molar-refractivity contribution in [1.82, 2.24) is 4.31 Å². The first-order valence-electron chi connectivity index (χ1n) is 6.71. The Morgan fingerprint density at radius 2 is 2.15 bits per heavy atom. The van der Waals surface area contributed by atoms with Crippen LogP contribution in [0.4, 0.5) is 0 Å². The lowest BCUT2D eigenvalue weighted by molar-refractivity contribution is 0.102. The predicted octanol–water partition coefficient (Wildman–Crippen LogP) is 1.54. The van der Waals surface area contributed by atoms with Crippen LogP contribution >= 0.6 is 0 Å². The number of aliphatic hydroxyl groups is 1. The average molecular weight is 299 g/mol. The van der Waals surface area contributed by atoms with Crippen LogP contribution in [0.1, 0.15) is 31.9 Å². The fourth-order valence-corrected chi connectivity index (χ4v) is 3.98. The lowest BCUT2D eigenvalue weighted by Crippen LogP contribution is -2.40. The first-order valence-corrected chi connectivity index (χ1v) is 8.15. The van der Waals surface area contributed by atoms with Crippen molar-refractivity contribution < 1.29 is 18.3 Å². The van der Waals surface area contributed by atoms with Gasteiger partial charge >= 0.3 is 0 Å². The lowest BCUT2D eigenvalue weighted by atomic mass is 10.1. The number of nitrogens with zero attached hydrogens (tertiary/aromatic N) is 1. The van der Waals surface area contributed by atoms with Crippen molar-refractivity contribution >= 4 is 10.0 Å². The van der Waals surface area contributed by atoms with E-state index in [1.165, 1.54) is 10.4 Å². The molecule has 3 atom stereocenters. The second-order valence-electron chi connectivity index (χ2n) is 5.20. The molecule has 1 saturated heterocycles. The number of benzene rings is 1. The van der Waals surface area contributed by atoms with Gasteiger partial charge in [-0.15, -0.1) is 0 Å². The van der Waals surface area contributed by atoms with Crippen LogP contribution in [0, 0.1) is 0 Å². The van der Waals surface area contributed by atoms with Gasteiger partial charge in [0.1, 0.15) is 0 Å². The third kappa shape index (κ3) is 2.88. The van der Waals surface area contributed by atoms with Gasteiger partial charge < -0.3 is 9.84 Å². The van der Waals surface area contributed by atoms with Crippen molar-refractivity contribution in [2.75, 3.05) is 13.7 Å². The molecule has 0 saturated carbocycles. The van der Waals surface area contributed by atoms with Gasteiger partial charge in [0.05, 0.1) is 23.1 Å². The molecule has 5 nitrogen and oxygen atoms in total. The average Bonchev–Trinajstić information content (AvgIpc) is 2.84. The smallest absolute Gasteiger partial charge is 0.243 e. The second-order valence-corrected chi connectivity index (χ2v) is 7.20. The third-order valence-corrected chi connectivity index (χ3v) is 5.70. The maximum atomic E-state index is 12.6. The lowest BCUT2D eigenvalue weighted by Gasteiger charge is -2.26. The zero-order valence-electron chi connectivity index (χ0n) is 12.0. The summed E-state index contributed by atoms with van der Waals surface area (Å²) < 4.78 is 32.1. The Kier molecular flexibility index (Phi) is 4.49. The van der Waals surface area contributed by atoms with E-state index in [4.69, 9.17) is 4.74 Å². The van der Waals surface area contributed by atoms with Gasteiger partial charge in [-0.1, -0.05) is 12.1 Å². The number of aliphatic hydroxyl groups excluding tert-OH is 1. The van der Waals surface area contributed by atoms with Crippen molar-refractivity contribution in [3.05, 3.63) is 29.8 Å². The summed E-state index contributed by atoms with van der Waals surface area (Å²) >= 11 is 0. The topological polar surface area (TPSA) is 66.8 Å². The molecule has 3 unspecified atom stereocenters. The van der Waals surface area contributed by atoms with Crippen LogP contribution in [0.3, 0.4) is 0 Å². The Balaban J connectivity index is 2.32. The standard InChI is InChI=1S/C14H21NO4S/c1-10(16)12-5-4-6-13(9-12)20(17,18)15(3)14-7-8-19-11(14)2/h4-6,9-11,14,16H,7-8H2,1-3H3. The number of sulfonamides is 1. The van der Waals surface area contributed by atoms with Crippen molar-refractivity contribution in [3.8, 4) is 0 Å². The van der Waals surface area contributed by atoms with Crippen LogP contribution in [0.2, 0.25) is 0 Å². The molecule has 0 spiro atoms. The fourth-order valence-electron chi connectivity index (χ4n) is 2.48. The Morgan fingerprint density at radius 3 is 2.70 bits per heavy atom. The molecule has 6 heteroatoms. The summed E-state index contributed by atoms with van der Waals surface area (Å²) in [5.74, 6) is 0. The van der Waals surface area contributed by atoms with E-state index in [-0.39, 0.29) is 17.0 Å². The summed E-state index contributed by atoms with van der Waals surface area (Å²) in [7, 11) is -1.99. The zero-order valence-corrected chi connectivity index (χ0v) is 12.8. The maximum Gasteiger partial charge on any atom is 0.243 e. The van der Waals surface area contributed by atoms with Crippen LogP contribution in [0.25, 0.3) is 0 Å².